The summed E-state index contributed by atoms with van der Waals surface area (Å²) in [6.45, 7) is 8.34. The van der Waals surface area contributed by atoms with E-state index in [0.717, 1.165) is 25.3 Å². The quantitative estimate of drug-likeness (QED) is 0.368. The number of carbonyl (C=O) groups is 1. The minimum atomic E-state index is -0.502. The van der Waals surface area contributed by atoms with Crippen molar-refractivity contribution in [2.45, 2.75) is 45.3 Å². The zero-order valence-corrected chi connectivity index (χ0v) is 19.5. The number of likely N-dealkylation sites (tertiary alicyclic amines) is 1. The molecule has 1 fully saturated rings. The van der Waals surface area contributed by atoms with Crippen LogP contribution in [0.15, 0.2) is 23.2 Å². The minimum Gasteiger partial charge on any atom is -0.496 e. The maximum Gasteiger partial charge on any atom is 0.407 e. The summed E-state index contributed by atoms with van der Waals surface area (Å²) in [7, 11) is 4.98. The Labute approximate surface area is 185 Å². The molecular weight excluding hydrogens is 400 g/mol. The predicted octanol–water partition coefficient (Wildman–Crippen LogP) is 2.65. The standard InChI is InChI=1S/C22H36N4O5/c1-22(2,3)31-21(27)25-16-8-10-26(15-16)20(23-4)24-9-7-11-30-19-13-17(28-5)12-18(14-19)29-6/h12-14,16H,7-11,15H2,1-6H3,(H,23,24)(H,25,27)/t16-/m1/s1. The Bertz CT molecular complexity index is 726. The lowest BCUT2D eigenvalue weighted by atomic mass is 10.2. The van der Waals surface area contributed by atoms with E-state index in [4.69, 9.17) is 18.9 Å². The Morgan fingerprint density at radius 2 is 1.81 bits per heavy atom. The van der Waals surface area contributed by atoms with Crippen molar-refractivity contribution in [2.75, 3.05) is 47.5 Å². The van der Waals surface area contributed by atoms with E-state index in [9.17, 15) is 4.79 Å². The molecular formula is C22H36N4O5. The molecule has 1 aromatic carbocycles. The van der Waals surface area contributed by atoms with Crippen LogP contribution in [0.25, 0.3) is 0 Å². The third kappa shape index (κ3) is 8.43. The lowest BCUT2D eigenvalue weighted by molar-refractivity contribution is 0.0507. The molecule has 1 aromatic rings. The second kappa shape index (κ2) is 11.5. The average molecular weight is 437 g/mol. The molecule has 0 aromatic heterocycles. The van der Waals surface area contributed by atoms with E-state index in [1.165, 1.54) is 0 Å². The predicted molar refractivity (Wildman–Crippen MR) is 120 cm³/mol. The minimum absolute atomic E-state index is 0.0415. The smallest absolute Gasteiger partial charge is 0.407 e. The molecule has 1 aliphatic heterocycles. The first kappa shape index (κ1) is 24.4. The zero-order chi connectivity index (χ0) is 22.9. The number of carbonyl (C=O) groups excluding carboxylic acids is 1. The Morgan fingerprint density at radius 3 is 2.39 bits per heavy atom. The number of guanidine groups is 1. The Morgan fingerprint density at radius 1 is 1.16 bits per heavy atom. The van der Waals surface area contributed by atoms with Gasteiger partial charge in [-0.2, -0.15) is 0 Å². The lowest BCUT2D eigenvalue weighted by Gasteiger charge is -2.23. The number of hydrogen-bond acceptors (Lipinski definition) is 6. The molecule has 0 bridgehead atoms. The fourth-order valence-corrected chi connectivity index (χ4v) is 3.20. The second-order valence-corrected chi connectivity index (χ2v) is 8.30. The van der Waals surface area contributed by atoms with Crippen molar-refractivity contribution in [1.82, 2.24) is 15.5 Å². The maximum absolute atomic E-state index is 12.0. The van der Waals surface area contributed by atoms with Crippen molar-refractivity contribution < 1.29 is 23.7 Å². The molecule has 1 atom stereocenters. The Hall–Kier alpha value is -2.84. The molecule has 0 spiro atoms. The van der Waals surface area contributed by atoms with E-state index in [1.54, 1.807) is 27.3 Å². The number of nitrogens with one attached hydrogen (secondary N) is 2. The van der Waals surface area contributed by atoms with Crippen LogP contribution in [0.1, 0.15) is 33.6 Å². The summed E-state index contributed by atoms with van der Waals surface area (Å²) < 4.78 is 21.7. The summed E-state index contributed by atoms with van der Waals surface area (Å²) in [4.78, 5) is 18.5. The molecule has 31 heavy (non-hydrogen) atoms. The number of hydrogen-bond donors (Lipinski definition) is 2. The molecule has 1 saturated heterocycles. The van der Waals surface area contributed by atoms with Gasteiger partial charge >= 0.3 is 6.09 Å². The highest BCUT2D eigenvalue weighted by Gasteiger charge is 2.27. The van der Waals surface area contributed by atoms with Crippen molar-refractivity contribution in [1.29, 1.82) is 0 Å². The monoisotopic (exact) mass is 436 g/mol. The van der Waals surface area contributed by atoms with Crippen LogP contribution in [-0.2, 0) is 4.74 Å². The number of amides is 1. The van der Waals surface area contributed by atoms with Gasteiger partial charge in [0.15, 0.2) is 5.96 Å². The summed E-state index contributed by atoms with van der Waals surface area (Å²) in [5.74, 6) is 2.90. The molecule has 174 valence electrons. The van der Waals surface area contributed by atoms with Gasteiger partial charge in [0.05, 0.1) is 26.9 Å². The van der Waals surface area contributed by atoms with Crippen molar-refractivity contribution in [3.63, 3.8) is 0 Å². The van der Waals surface area contributed by atoms with Crippen LogP contribution in [0.3, 0.4) is 0 Å². The highest BCUT2D eigenvalue weighted by atomic mass is 16.6. The maximum atomic E-state index is 12.0. The summed E-state index contributed by atoms with van der Waals surface area (Å²) in [6, 6.07) is 5.51. The van der Waals surface area contributed by atoms with E-state index in [-0.39, 0.29) is 12.1 Å². The van der Waals surface area contributed by atoms with Crippen LogP contribution in [-0.4, -0.2) is 76.1 Å². The van der Waals surface area contributed by atoms with E-state index < -0.39 is 5.60 Å². The second-order valence-electron chi connectivity index (χ2n) is 8.30. The molecule has 2 N–H and O–H groups in total. The Kier molecular flexibility index (Phi) is 9.08. The van der Waals surface area contributed by atoms with Gasteiger partial charge in [-0.05, 0) is 33.6 Å². The third-order valence-corrected chi connectivity index (χ3v) is 4.62. The number of rotatable bonds is 8. The number of aliphatic imine (C=N–C) groups is 1. The van der Waals surface area contributed by atoms with Crippen LogP contribution in [0.4, 0.5) is 4.79 Å². The molecule has 0 unspecified atom stereocenters. The first-order valence-electron chi connectivity index (χ1n) is 10.5. The average Bonchev–Trinajstić information content (AvgIpc) is 3.16. The zero-order valence-electron chi connectivity index (χ0n) is 19.5. The van der Waals surface area contributed by atoms with E-state index in [1.807, 2.05) is 32.9 Å². The van der Waals surface area contributed by atoms with Gasteiger partial charge in [0, 0.05) is 44.9 Å². The lowest BCUT2D eigenvalue weighted by Crippen LogP contribution is -2.44. The number of methoxy groups -OCH3 is 2. The van der Waals surface area contributed by atoms with Crippen molar-refractivity contribution in [3.8, 4) is 17.2 Å². The van der Waals surface area contributed by atoms with E-state index in [2.05, 4.69) is 20.5 Å². The van der Waals surface area contributed by atoms with Crippen molar-refractivity contribution in [3.05, 3.63) is 18.2 Å². The number of ether oxygens (including phenoxy) is 4. The normalized spacial score (nSPS) is 16.6. The van der Waals surface area contributed by atoms with Gasteiger partial charge in [-0.15, -0.1) is 0 Å². The van der Waals surface area contributed by atoms with Crippen LogP contribution >= 0.6 is 0 Å². The topological polar surface area (TPSA) is 93.7 Å². The van der Waals surface area contributed by atoms with Gasteiger partial charge in [0.25, 0.3) is 0 Å². The van der Waals surface area contributed by atoms with Crippen LogP contribution < -0.4 is 24.8 Å². The number of benzene rings is 1. The number of nitrogens with zero attached hydrogens (tertiary/aromatic N) is 2. The third-order valence-electron chi connectivity index (χ3n) is 4.62. The van der Waals surface area contributed by atoms with Gasteiger partial charge in [0.2, 0.25) is 0 Å². The van der Waals surface area contributed by atoms with Crippen molar-refractivity contribution in [2.24, 2.45) is 4.99 Å². The molecule has 0 aliphatic carbocycles. The summed E-state index contributed by atoms with van der Waals surface area (Å²) >= 11 is 0. The van der Waals surface area contributed by atoms with Gasteiger partial charge in [0.1, 0.15) is 22.8 Å². The SMILES string of the molecule is CN=C(NCCCOc1cc(OC)cc(OC)c1)N1CC[C@@H](NC(=O)OC(C)(C)C)C1. The molecule has 2 rings (SSSR count). The molecule has 9 heteroatoms. The van der Waals surface area contributed by atoms with Gasteiger partial charge in [-0.3, -0.25) is 4.99 Å². The first-order chi connectivity index (χ1) is 14.7. The van der Waals surface area contributed by atoms with E-state index >= 15 is 0 Å². The summed E-state index contributed by atoms with van der Waals surface area (Å²) in [5.41, 5.74) is -0.502. The fourth-order valence-electron chi connectivity index (χ4n) is 3.20. The van der Waals surface area contributed by atoms with Crippen molar-refractivity contribution >= 4 is 12.1 Å². The first-order valence-corrected chi connectivity index (χ1v) is 10.5. The molecule has 9 nitrogen and oxygen atoms in total. The molecule has 1 amide bonds. The summed E-state index contributed by atoms with van der Waals surface area (Å²) in [5, 5.41) is 6.29. The van der Waals surface area contributed by atoms with Gasteiger partial charge < -0.3 is 34.5 Å². The molecule has 0 saturated carbocycles. The van der Waals surface area contributed by atoms with Gasteiger partial charge in [-0.25, -0.2) is 4.79 Å². The van der Waals surface area contributed by atoms with E-state index in [0.29, 0.717) is 36.9 Å². The summed E-state index contributed by atoms with van der Waals surface area (Å²) in [6.07, 6.45) is 1.26. The van der Waals surface area contributed by atoms with Crippen LogP contribution in [0.5, 0.6) is 17.2 Å². The highest BCUT2D eigenvalue weighted by Crippen LogP contribution is 2.27. The van der Waals surface area contributed by atoms with Crippen LogP contribution in [0, 0.1) is 0 Å². The fraction of sp³-hybridized carbons (Fsp3) is 0.636. The Balaban J connectivity index is 1.71. The molecule has 1 aliphatic rings. The molecule has 0 radical (unpaired) electrons. The largest absolute Gasteiger partial charge is 0.496 e. The van der Waals surface area contributed by atoms with Gasteiger partial charge in [-0.1, -0.05) is 0 Å². The molecule has 1 heterocycles. The highest BCUT2D eigenvalue weighted by molar-refractivity contribution is 5.80. The number of alkyl carbamates (subject to hydrolysis) is 1. The van der Waals surface area contributed by atoms with Crippen LogP contribution in [0.2, 0.25) is 0 Å².